The Balaban J connectivity index is 2.42. The molecule has 0 spiro atoms. The minimum absolute atomic E-state index is 0.498. The Morgan fingerprint density at radius 1 is 0.867 bits per heavy atom. The number of rotatable bonds is 2. The molecule has 0 N–H and O–H groups in total. The predicted molar refractivity (Wildman–Crippen MR) is 61.6 cm³/mol. The molecule has 0 aliphatic heterocycles. The highest BCUT2D eigenvalue weighted by Gasteiger charge is 2.05. The van der Waals surface area contributed by atoms with E-state index in [-0.39, 0.29) is 0 Å². The number of benzene rings is 2. The van der Waals surface area contributed by atoms with Gasteiger partial charge in [-0.3, -0.25) is 0 Å². The van der Waals surface area contributed by atoms with Crippen molar-refractivity contribution in [3.8, 4) is 11.1 Å². The summed E-state index contributed by atoms with van der Waals surface area (Å²) in [6.45, 7) is 0. The molecule has 76 valence electrons. The lowest BCUT2D eigenvalue weighted by molar-refractivity contribution is 0.460. The Bertz CT molecular complexity index is 437. The van der Waals surface area contributed by atoms with Gasteiger partial charge in [-0.25, -0.2) is 4.39 Å². The first-order chi connectivity index (χ1) is 7.27. The zero-order valence-corrected chi connectivity index (χ0v) is 8.79. The van der Waals surface area contributed by atoms with E-state index in [9.17, 15) is 4.39 Å². The predicted octanol–water partition coefficient (Wildman–Crippen LogP) is 4.56. The van der Waals surface area contributed by atoms with Crippen LogP contribution in [0, 0.1) is 0 Å². The van der Waals surface area contributed by atoms with Crippen LogP contribution >= 0.6 is 11.6 Å². The van der Waals surface area contributed by atoms with Crippen molar-refractivity contribution in [3.63, 3.8) is 0 Å². The fourth-order valence-corrected chi connectivity index (χ4v) is 1.62. The van der Waals surface area contributed by atoms with Crippen molar-refractivity contribution in [2.45, 2.75) is 5.63 Å². The summed E-state index contributed by atoms with van der Waals surface area (Å²) in [5.74, 6) is 0. The van der Waals surface area contributed by atoms with Gasteiger partial charge in [-0.15, -0.1) is 0 Å². The fourth-order valence-electron chi connectivity index (χ4n) is 1.48. The molecule has 15 heavy (non-hydrogen) atoms. The summed E-state index contributed by atoms with van der Waals surface area (Å²) in [6.07, 6.45) is 0. The molecule has 0 aromatic heterocycles. The molecular formula is C13H10ClF. The van der Waals surface area contributed by atoms with Crippen molar-refractivity contribution < 1.29 is 4.39 Å². The van der Waals surface area contributed by atoms with Crippen molar-refractivity contribution in [3.05, 3.63) is 60.2 Å². The summed E-state index contributed by atoms with van der Waals surface area (Å²) >= 11 is 5.40. The van der Waals surface area contributed by atoms with Gasteiger partial charge in [0.1, 0.15) is 0 Å². The van der Waals surface area contributed by atoms with E-state index in [1.54, 1.807) is 12.1 Å². The third kappa shape index (κ3) is 2.37. The van der Waals surface area contributed by atoms with Gasteiger partial charge in [0.05, 0.1) is 0 Å². The molecular weight excluding hydrogens is 211 g/mol. The second kappa shape index (κ2) is 4.45. The van der Waals surface area contributed by atoms with Gasteiger partial charge in [0.25, 0.3) is 0 Å². The quantitative estimate of drug-likeness (QED) is 0.651. The van der Waals surface area contributed by atoms with E-state index >= 15 is 0 Å². The average Bonchev–Trinajstić information content (AvgIpc) is 2.30. The number of alkyl halides is 2. The molecule has 1 unspecified atom stereocenters. The van der Waals surface area contributed by atoms with E-state index in [0.29, 0.717) is 5.56 Å². The zero-order chi connectivity index (χ0) is 10.7. The maximum absolute atomic E-state index is 12.9. The molecule has 0 heterocycles. The van der Waals surface area contributed by atoms with E-state index in [4.69, 9.17) is 11.6 Å². The summed E-state index contributed by atoms with van der Waals surface area (Å²) in [6, 6.07) is 17.0. The Hall–Kier alpha value is -1.34. The summed E-state index contributed by atoms with van der Waals surface area (Å²) in [7, 11) is 0. The van der Waals surface area contributed by atoms with Crippen LogP contribution in [0.1, 0.15) is 11.2 Å². The van der Waals surface area contributed by atoms with E-state index in [0.717, 1.165) is 11.1 Å². The smallest absolute Gasteiger partial charge is 0.198 e. The van der Waals surface area contributed by atoms with Crippen LogP contribution in [0.15, 0.2) is 54.6 Å². The van der Waals surface area contributed by atoms with E-state index in [2.05, 4.69) is 0 Å². The molecule has 0 saturated heterocycles. The SMILES string of the molecule is FC(Cl)c1cccc(-c2ccccc2)c1. The van der Waals surface area contributed by atoms with Gasteiger partial charge in [-0.2, -0.15) is 0 Å². The van der Waals surface area contributed by atoms with Gasteiger partial charge in [-0.05, 0) is 17.2 Å². The molecule has 0 fully saturated rings. The van der Waals surface area contributed by atoms with Crippen LogP contribution in [-0.2, 0) is 0 Å². The number of hydrogen-bond acceptors (Lipinski definition) is 0. The fraction of sp³-hybridized carbons (Fsp3) is 0.0769. The lowest BCUT2D eigenvalue weighted by Gasteiger charge is -2.04. The molecule has 2 aromatic rings. The van der Waals surface area contributed by atoms with E-state index in [1.165, 1.54) is 0 Å². The summed E-state index contributed by atoms with van der Waals surface area (Å²) < 4.78 is 12.9. The molecule has 0 aliphatic carbocycles. The van der Waals surface area contributed by atoms with E-state index < -0.39 is 5.63 Å². The van der Waals surface area contributed by atoms with Crippen LogP contribution in [0.25, 0.3) is 11.1 Å². The van der Waals surface area contributed by atoms with Crippen molar-refractivity contribution >= 4 is 11.6 Å². The third-order valence-electron chi connectivity index (χ3n) is 2.25. The van der Waals surface area contributed by atoms with Crippen molar-refractivity contribution in [1.82, 2.24) is 0 Å². The second-order valence-corrected chi connectivity index (χ2v) is 3.68. The lowest BCUT2D eigenvalue weighted by atomic mass is 10.0. The number of halogens is 2. The molecule has 1 atom stereocenters. The first-order valence-corrected chi connectivity index (χ1v) is 5.14. The first-order valence-electron chi connectivity index (χ1n) is 4.71. The number of hydrogen-bond donors (Lipinski definition) is 0. The monoisotopic (exact) mass is 220 g/mol. The molecule has 0 aliphatic rings. The molecule has 0 nitrogen and oxygen atoms in total. The highest BCUT2D eigenvalue weighted by atomic mass is 35.5. The second-order valence-electron chi connectivity index (χ2n) is 3.29. The summed E-state index contributed by atoms with van der Waals surface area (Å²) in [4.78, 5) is 0. The van der Waals surface area contributed by atoms with Crippen molar-refractivity contribution in [2.75, 3.05) is 0 Å². The van der Waals surface area contributed by atoms with Crippen LogP contribution in [0.5, 0.6) is 0 Å². The first kappa shape index (κ1) is 10.2. The normalized spacial score (nSPS) is 12.4. The van der Waals surface area contributed by atoms with Crippen LogP contribution in [0.4, 0.5) is 4.39 Å². The highest BCUT2D eigenvalue weighted by molar-refractivity contribution is 6.19. The van der Waals surface area contributed by atoms with Gasteiger partial charge in [0, 0.05) is 5.56 Å². The standard InChI is InChI=1S/C13H10ClF/c14-13(15)12-8-4-7-11(9-12)10-5-2-1-3-6-10/h1-9,13H. The Morgan fingerprint density at radius 3 is 2.20 bits per heavy atom. The summed E-state index contributed by atoms with van der Waals surface area (Å²) in [5.41, 5.74) is 1.11. The highest BCUT2D eigenvalue weighted by Crippen LogP contribution is 2.26. The van der Waals surface area contributed by atoms with Crippen LogP contribution in [0.3, 0.4) is 0 Å². The molecule has 2 heteroatoms. The van der Waals surface area contributed by atoms with Gasteiger partial charge in [0.2, 0.25) is 0 Å². The zero-order valence-electron chi connectivity index (χ0n) is 8.03. The van der Waals surface area contributed by atoms with Crippen LogP contribution < -0.4 is 0 Å². The Kier molecular flexibility index (Phi) is 3.02. The topological polar surface area (TPSA) is 0 Å². The molecule has 0 bridgehead atoms. The molecule has 0 saturated carbocycles. The van der Waals surface area contributed by atoms with Gasteiger partial charge >= 0.3 is 0 Å². The molecule has 0 radical (unpaired) electrons. The summed E-state index contributed by atoms with van der Waals surface area (Å²) in [5, 5.41) is 0. The minimum atomic E-state index is -1.44. The Morgan fingerprint density at radius 2 is 1.53 bits per heavy atom. The van der Waals surface area contributed by atoms with E-state index in [1.807, 2.05) is 42.5 Å². The maximum atomic E-state index is 12.9. The largest absolute Gasteiger partial charge is 0.225 e. The van der Waals surface area contributed by atoms with Gasteiger partial charge < -0.3 is 0 Å². The van der Waals surface area contributed by atoms with Crippen LogP contribution in [-0.4, -0.2) is 0 Å². The average molecular weight is 221 g/mol. The molecule has 2 rings (SSSR count). The Labute approximate surface area is 93.3 Å². The minimum Gasteiger partial charge on any atom is -0.225 e. The van der Waals surface area contributed by atoms with Crippen molar-refractivity contribution in [2.24, 2.45) is 0 Å². The van der Waals surface area contributed by atoms with Gasteiger partial charge in [-0.1, -0.05) is 60.1 Å². The molecule has 2 aromatic carbocycles. The third-order valence-corrected chi connectivity index (χ3v) is 2.50. The lowest BCUT2D eigenvalue weighted by Crippen LogP contribution is -1.84. The van der Waals surface area contributed by atoms with Crippen molar-refractivity contribution in [1.29, 1.82) is 0 Å². The van der Waals surface area contributed by atoms with Gasteiger partial charge in [0.15, 0.2) is 5.63 Å². The maximum Gasteiger partial charge on any atom is 0.198 e. The van der Waals surface area contributed by atoms with Crippen LogP contribution in [0.2, 0.25) is 0 Å². The molecule has 0 amide bonds.